The molecule has 50 heteroatoms. The lowest BCUT2D eigenvalue weighted by atomic mass is 10.4. The van der Waals surface area contributed by atoms with Crippen LogP contribution in [0.2, 0.25) is 0 Å². The number of alkyl halides is 1. The molecule has 0 aromatic heterocycles. The maximum absolute atomic E-state index is 9.70. The van der Waals surface area contributed by atoms with Crippen LogP contribution in [0, 0.1) is 37.0 Å². The second-order valence-electron chi connectivity index (χ2n) is 26.6. The van der Waals surface area contributed by atoms with E-state index in [1.165, 1.54) is 47.0 Å². The van der Waals surface area contributed by atoms with Gasteiger partial charge in [0, 0.05) is 220 Å². The average molecular weight is 2300 g/mol. The lowest BCUT2D eigenvalue weighted by molar-refractivity contribution is -0.0186. The molecule has 0 aromatic carbocycles. The molecule has 0 spiro atoms. The summed E-state index contributed by atoms with van der Waals surface area (Å²) in [5.74, 6) is 26.3. The van der Waals surface area contributed by atoms with Gasteiger partial charge >= 0.3 is 0 Å². The number of hydrogen-bond acceptors (Lipinski definition) is 49. The van der Waals surface area contributed by atoms with Crippen LogP contribution >= 0.6 is 225 Å². The number of terminal acetylenes is 3. The zero-order chi connectivity index (χ0) is 102. The van der Waals surface area contributed by atoms with Gasteiger partial charge in [0.1, 0.15) is 13.2 Å². The molecule has 0 radical (unpaired) electrons. The van der Waals surface area contributed by atoms with E-state index in [0.717, 1.165) is 92.0 Å². The molecule has 0 aliphatic heterocycles. The number of thiol groups is 2. The standard InChI is InChI=1S/C27H56O12S6.C24H50O8S6.C16H26O4S2.C10H22O4S2.C3H3Cl.C3H8O2S.C2H6OS/c1-36-2-3-37-11-24(43-7-5-39-13-26(19-42-20-27(34)35)45-16-23(33)10-30)17-40-6-4-38-12-25(44-15-22(32)9-29)18-41-14-21(31)8-28;1-29-6-7-30-16-24(38-15-9-32-18-23(37-13-5-28)20-34-11-3-26)21-35-14-8-31-17-22(36-12-4-27)19-33-10-2-25;1-4-6-18-10-12-21-15-16(14-20-9-8-17-3)22-13-11-19-7-5-2;1-13-4-5-14-8-10(16-7-3-12)9-15-6-2-11;1-2-3-4;4-1-3(5)2-6;3-1-2-4/h21-35H,2-20H2,1H3;22-28H,2-21H2,1H3;1-2,16H,6-15H2,3H3;10-12H,2-9H2,1H3;1H,3H2;3-6H,1-2H2;3-4H,1-2H2. The molecule has 0 saturated carbocycles. The molecule has 0 aliphatic carbocycles. The van der Waals surface area contributed by atoms with Crippen LogP contribution in [0.25, 0.3) is 0 Å². The molecule has 0 aromatic rings. The number of thioether (sulfide) groups is 16. The Hall–Kier alpha value is 4.03. The highest BCUT2D eigenvalue weighted by Crippen LogP contribution is 2.26. The molecule has 135 heavy (non-hydrogen) atoms. The SMILES string of the molecule is C#CCCl.C#CCOCCSCC(COCCOC)SCCOCC#C.COCCOCC(CSCCO)SCCO.COCCOCC(CSCCOCC(CSCC(O)CO)SCC(O)CO)SCCOCC(CSCC(O)O)SCC(O)CO.COCCOCC(CSCCOCC(CSCCO)SCCO)SCCOCC(CSCCO)SCCO.OCC(O)CS.OCCS. The quantitative estimate of drug-likeness (QED) is 0.0134. The number of halogens is 1. The van der Waals surface area contributed by atoms with E-state index in [2.05, 4.69) is 49.4 Å². The fraction of sp³-hybridized carbons (Fsp3) is 0.929. The molecular formula is C85H171ClO31S18. The van der Waals surface area contributed by atoms with Crippen molar-refractivity contribution in [2.24, 2.45) is 0 Å². The molecule has 0 amide bonds. The van der Waals surface area contributed by atoms with Gasteiger partial charge < -0.3 is 153 Å². The second kappa shape index (κ2) is 136. The van der Waals surface area contributed by atoms with E-state index in [1.54, 1.807) is 123 Å². The maximum atomic E-state index is 9.70. The molecule has 12 unspecified atom stereocenters. The van der Waals surface area contributed by atoms with Crippen molar-refractivity contribution in [2.45, 2.75) is 72.7 Å². The highest BCUT2D eigenvalue weighted by molar-refractivity contribution is 8.06. The van der Waals surface area contributed by atoms with Gasteiger partial charge in [-0.25, -0.2) is 0 Å². The third-order valence-electron chi connectivity index (χ3n) is 14.7. The smallest absolute Gasteiger partial charge is 0.160 e. The Balaban J connectivity index is -0.000000324. The van der Waals surface area contributed by atoms with E-state index in [9.17, 15) is 15.3 Å². The summed E-state index contributed by atoms with van der Waals surface area (Å²) in [6.45, 7) is 14.4. The number of hydrogen-bond donors (Lipinski definition) is 19. The molecule has 0 aliphatic rings. The average Bonchev–Trinajstić information content (AvgIpc) is 0.984. The van der Waals surface area contributed by atoms with E-state index < -0.39 is 30.7 Å². The summed E-state index contributed by atoms with van der Waals surface area (Å²) in [4.78, 5) is 0. The van der Waals surface area contributed by atoms with Crippen molar-refractivity contribution in [1.29, 1.82) is 0 Å². The van der Waals surface area contributed by atoms with Crippen LogP contribution < -0.4 is 0 Å². The van der Waals surface area contributed by atoms with E-state index in [1.807, 2.05) is 47.0 Å². The topological polar surface area (TPSA) is 473 Å². The van der Waals surface area contributed by atoms with Gasteiger partial charge in [-0.1, -0.05) is 17.8 Å². The molecule has 0 heterocycles. The first-order valence-corrected chi connectivity index (χ1v) is 63.4. The van der Waals surface area contributed by atoms with Crippen LogP contribution in [0.1, 0.15) is 0 Å². The lowest BCUT2D eigenvalue weighted by Crippen LogP contribution is -2.24. The first-order chi connectivity index (χ1) is 65.8. The number of aliphatic hydroxyl groups excluding tert-OH is 16. The monoisotopic (exact) mass is 2300 g/mol. The van der Waals surface area contributed by atoms with E-state index in [0.29, 0.717) is 242 Å². The van der Waals surface area contributed by atoms with Crippen molar-refractivity contribution >= 4 is 225 Å². The Morgan fingerprint density at radius 1 is 0.252 bits per heavy atom. The number of aliphatic hydroxyl groups is 17. The number of rotatable bonds is 98. The highest BCUT2D eigenvalue weighted by atomic mass is 35.5. The summed E-state index contributed by atoms with van der Waals surface area (Å²) in [6, 6.07) is 0. The Morgan fingerprint density at radius 3 is 0.704 bits per heavy atom. The van der Waals surface area contributed by atoms with Gasteiger partial charge in [-0.2, -0.15) is 213 Å². The van der Waals surface area contributed by atoms with Crippen molar-refractivity contribution in [3.63, 3.8) is 0 Å². The van der Waals surface area contributed by atoms with Crippen LogP contribution in [0.5, 0.6) is 0 Å². The summed E-state index contributed by atoms with van der Waals surface area (Å²) in [5, 5.41) is 154. The predicted octanol–water partition coefficient (Wildman–Crippen LogP) is 4.00. The molecule has 0 saturated heterocycles. The van der Waals surface area contributed by atoms with Gasteiger partial charge in [-0.15, -0.1) is 30.9 Å². The largest absolute Gasteiger partial charge is 0.396 e. The lowest BCUT2D eigenvalue weighted by Gasteiger charge is -2.20. The minimum atomic E-state index is -1.37. The molecule has 12 atom stereocenters. The van der Waals surface area contributed by atoms with Gasteiger partial charge in [0.2, 0.25) is 0 Å². The first-order valence-electron chi connectivity index (χ1n) is 43.9. The number of ether oxygens (including phenoxy) is 14. The minimum absolute atomic E-state index is 0.0483. The third-order valence-corrected chi connectivity index (χ3v) is 36.0. The van der Waals surface area contributed by atoms with Crippen molar-refractivity contribution in [2.75, 3.05) is 415 Å². The summed E-state index contributed by atoms with van der Waals surface area (Å²) in [5.41, 5.74) is 0. The predicted molar refractivity (Wildman–Crippen MR) is 599 cm³/mol. The summed E-state index contributed by atoms with van der Waals surface area (Å²) in [6.07, 6.45) is 10.5. The van der Waals surface area contributed by atoms with Gasteiger partial charge in [-0.05, 0) is 0 Å². The fourth-order valence-electron chi connectivity index (χ4n) is 8.37. The molecule has 0 fully saturated rings. The van der Waals surface area contributed by atoms with Crippen molar-refractivity contribution in [3.8, 4) is 37.0 Å². The molecule has 812 valence electrons. The van der Waals surface area contributed by atoms with Crippen LogP contribution in [0.15, 0.2) is 0 Å². The zero-order valence-corrected chi connectivity index (χ0v) is 95.3. The van der Waals surface area contributed by atoms with Gasteiger partial charge in [0.05, 0.1) is 248 Å². The van der Waals surface area contributed by atoms with Crippen molar-refractivity contribution < 1.29 is 153 Å². The molecule has 0 bridgehead atoms. The van der Waals surface area contributed by atoms with Gasteiger partial charge in [0.15, 0.2) is 6.29 Å². The summed E-state index contributed by atoms with van der Waals surface area (Å²) < 4.78 is 76.9. The molecule has 31 nitrogen and oxygen atoms in total. The Labute approximate surface area is 894 Å². The van der Waals surface area contributed by atoms with Crippen molar-refractivity contribution in [3.05, 3.63) is 0 Å². The van der Waals surface area contributed by atoms with E-state index >= 15 is 0 Å². The molecular weight excluding hydrogens is 2130 g/mol. The Kier molecular flexibility index (Phi) is 153. The number of methoxy groups -OCH3 is 4. The zero-order valence-electron chi connectivity index (χ0n) is 79.7. The molecule has 0 rings (SSSR count). The van der Waals surface area contributed by atoms with Gasteiger partial charge in [0.25, 0.3) is 0 Å². The third kappa shape index (κ3) is 134. The Morgan fingerprint density at radius 2 is 0.474 bits per heavy atom. The molecule has 17 N–H and O–H groups in total. The highest BCUT2D eigenvalue weighted by Gasteiger charge is 2.20. The normalized spacial score (nSPS) is 13.8. The van der Waals surface area contributed by atoms with Crippen LogP contribution in [0.3, 0.4) is 0 Å². The van der Waals surface area contributed by atoms with Crippen LogP contribution in [-0.4, -0.2) is 575 Å². The second-order valence-corrected chi connectivity index (χ2v) is 47.9. The van der Waals surface area contributed by atoms with Gasteiger partial charge in [-0.3, -0.25) is 0 Å². The Bertz CT molecular complexity index is 2300. The minimum Gasteiger partial charge on any atom is -0.396 e. The summed E-state index contributed by atoms with van der Waals surface area (Å²) in [7, 11) is 6.64. The first kappa shape index (κ1) is 152. The van der Waals surface area contributed by atoms with Crippen LogP contribution in [-0.2, 0) is 66.3 Å². The summed E-state index contributed by atoms with van der Waals surface area (Å²) >= 11 is 39.6. The van der Waals surface area contributed by atoms with Crippen molar-refractivity contribution in [1.82, 2.24) is 0 Å². The maximum Gasteiger partial charge on any atom is 0.160 e. The fourth-order valence-corrected chi connectivity index (χ4v) is 25.4. The van der Waals surface area contributed by atoms with E-state index in [4.69, 9.17) is 162 Å². The van der Waals surface area contributed by atoms with E-state index in [-0.39, 0.29) is 94.2 Å². The van der Waals surface area contributed by atoms with Crippen LogP contribution in [0.4, 0.5) is 0 Å².